The first-order valence-electron chi connectivity index (χ1n) is 7.63. The van der Waals surface area contributed by atoms with E-state index in [9.17, 15) is 4.79 Å². The highest BCUT2D eigenvalue weighted by atomic mass is 16.2. The lowest BCUT2D eigenvalue weighted by Gasteiger charge is -2.47. The van der Waals surface area contributed by atoms with Crippen molar-refractivity contribution >= 4 is 5.91 Å². The second-order valence-electron chi connectivity index (χ2n) is 6.37. The van der Waals surface area contributed by atoms with Gasteiger partial charge in [0.1, 0.15) is 0 Å². The third-order valence-electron chi connectivity index (χ3n) is 5.25. The van der Waals surface area contributed by atoms with Crippen molar-refractivity contribution in [3.63, 3.8) is 0 Å². The van der Waals surface area contributed by atoms with Gasteiger partial charge in [-0.3, -0.25) is 4.79 Å². The van der Waals surface area contributed by atoms with Crippen LogP contribution < -0.4 is 5.73 Å². The Morgan fingerprint density at radius 2 is 1.94 bits per heavy atom. The maximum atomic E-state index is 12.8. The molecule has 0 radical (unpaired) electrons. The summed E-state index contributed by atoms with van der Waals surface area (Å²) in [6, 6.07) is 0.512. The van der Waals surface area contributed by atoms with Crippen LogP contribution in [-0.2, 0) is 4.79 Å². The molecule has 2 aliphatic rings. The smallest absolute Gasteiger partial charge is 0.230 e. The Kier molecular flexibility index (Phi) is 4.31. The van der Waals surface area contributed by atoms with Crippen molar-refractivity contribution in [1.82, 2.24) is 4.90 Å². The van der Waals surface area contributed by atoms with Crippen LogP contribution >= 0.6 is 0 Å². The molecule has 18 heavy (non-hydrogen) atoms. The Labute approximate surface area is 111 Å². The number of fused-ring (bicyclic) bond motifs is 1. The van der Waals surface area contributed by atoms with E-state index in [0.717, 1.165) is 18.9 Å². The van der Waals surface area contributed by atoms with Crippen molar-refractivity contribution in [3.8, 4) is 0 Å². The summed E-state index contributed by atoms with van der Waals surface area (Å²) >= 11 is 0. The molecule has 3 nitrogen and oxygen atoms in total. The molecule has 3 heteroatoms. The average molecular weight is 252 g/mol. The molecule has 2 fully saturated rings. The lowest BCUT2D eigenvalue weighted by molar-refractivity contribution is -0.147. The Hall–Kier alpha value is -0.570. The van der Waals surface area contributed by atoms with Crippen LogP contribution in [0.4, 0.5) is 0 Å². The predicted octanol–water partition coefficient (Wildman–Crippen LogP) is 2.54. The summed E-state index contributed by atoms with van der Waals surface area (Å²) in [5.74, 6) is 1.07. The number of rotatable bonds is 3. The van der Waals surface area contributed by atoms with Crippen molar-refractivity contribution in [1.29, 1.82) is 0 Å². The van der Waals surface area contributed by atoms with Gasteiger partial charge in [0.05, 0.1) is 5.41 Å². The molecule has 104 valence electrons. The minimum Gasteiger partial charge on any atom is -0.339 e. The summed E-state index contributed by atoms with van der Waals surface area (Å²) in [5.41, 5.74) is 5.50. The summed E-state index contributed by atoms with van der Waals surface area (Å²) in [6.07, 6.45) is 8.51. The van der Waals surface area contributed by atoms with E-state index in [0.29, 0.717) is 18.5 Å². The zero-order valence-electron chi connectivity index (χ0n) is 12.0. The molecule has 1 saturated heterocycles. The van der Waals surface area contributed by atoms with Gasteiger partial charge < -0.3 is 10.6 Å². The first kappa shape index (κ1) is 13.9. The Bertz CT molecular complexity index is 297. The number of amides is 1. The van der Waals surface area contributed by atoms with Gasteiger partial charge in [0, 0.05) is 19.1 Å². The molecule has 1 amide bonds. The standard InChI is InChI=1S/C15H28N2O/c1-3-15(2,11-16)14(18)17-10-6-8-12-7-4-5-9-13(12)17/h12-13H,3-11,16H2,1-2H3/t12-,13-,15?/m1/s1. The maximum Gasteiger partial charge on any atom is 0.230 e. The van der Waals surface area contributed by atoms with Crippen LogP contribution in [0.2, 0.25) is 0 Å². The van der Waals surface area contributed by atoms with Gasteiger partial charge in [-0.25, -0.2) is 0 Å². The van der Waals surface area contributed by atoms with Crippen LogP contribution in [-0.4, -0.2) is 29.9 Å². The normalized spacial score (nSPS) is 31.6. The molecule has 0 aromatic rings. The first-order chi connectivity index (χ1) is 8.62. The summed E-state index contributed by atoms with van der Waals surface area (Å²) < 4.78 is 0. The minimum absolute atomic E-state index is 0.309. The Balaban J connectivity index is 2.13. The van der Waals surface area contributed by atoms with Crippen molar-refractivity contribution in [2.45, 2.75) is 64.8 Å². The monoisotopic (exact) mass is 252 g/mol. The molecular weight excluding hydrogens is 224 g/mol. The quantitative estimate of drug-likeness (QED) is 0.839. The molecule has 0 spiro atoms. The number of hydrogen-bond donors (Lipinski definition) is 1. The second kappa shape index (κ2) is 5.60. The van der Waals surface area contributed by atoms with Crippen LogP contribution in [0.15, 0.2) is 0 Å². The number of nitrogens with two attached hydrogens (primary N) is 1. The highest BCUT2D eigenvalue weighted by molar-refractivity contribution is 5.83. The minimum atomic E-state index is -0.348. The molecule has 0 aromatic heterocycles. The molecule has 1 saturated carbocycles. The van der Waals surface area contributed by atoms with Crippen LogP contribution in [0.5, 0.6) is 0 Å². The van der Waals surface area contributed by atoms with Gasteiger partial charge in [-0.15, -0.1) is 0 Å². The number of carbonyl (C=O) groups excluding carboxylic acids is 1. The first-order valence-corrected chi connectivity index (χ1v) is 7.63. The van der Waals surface area contributed by atoms with E-state index in [2.05, 4.69) is 11.8 Å². The Morgan fingerprint density at radius 1 is 1.28 bits per heavy atom. The highest BCUT2D eigenvalue weighted by Crippen LogP contribution is 2.37. The zero-order chi connectivity index (χ0) is 13.2. The fraction of sp³-hybridized carbons (Fsp3) is 0.933. The van der Waals surface area contributed by atoms with Gasteiger partial charge in [0.2, 0.25) is 5.91 Å². The van der Waals surface area contributed by atoms with Gasteiger partial charge in [0.15, 0.2) is 0 Å². The van der Waals surface area contributed by atoms with Gasteiger partial charge in [-0.2, -0.15) is 0 Å². The summed E-state index contributed by atoms with van der Waals surface area (Å²) in [6.45, 7) is 5.53. The topological polar surface area (TPSA) is 46.3 Å². The van der Waals surface area contributed by atoms with E-state index in [1.165, 1.54) is 38.5 Å². The molecule has 3 atom stereocenters. The van der Waals surface area contributed by atoms with Gasteiger partial charge in [0.25, 0.3) is 0 Å². The van der Waals surface area contributed by atoms with Crippen LogP contribution in [0.25, 0.3) is 0 Å². The summed E-state index contributed by atoms with van der Waals surface area (Å²) in [5, 5.41) is 0. The van der Waals surface area contributed by atoms with Crippen molar-refractivity contribution in [2.75, 3.05) is 13.1 Å². The predicted molar refractivity (Wildman–Crippen MR) is 74.1 cm³/mol. The molecule has 2 N–H and O–H groups in total. The van der Waals surface area contributed by atoms with E-state index < -0.39 is 0 Å². The molecule has 0 bridgehead atoms. The molecule has 1 aliphatic heterocycles. The molecular formula is C15H28N2O. The van der Waals surface area contributed by atoms with Crippen molar-refractivity contribution < 1.29 is 4.79 Å². The van der Waals surface area contributed by atoms with Crippen molar-refractivity contribution in [3.05, 3.63) is 0 Å². The second-order valence-corrected chi connectivity index (χ2v) is 6.37. The Morgan fingerprint density at radius 3 is 2.61 bits per heavy atom. The molecule has 1 unspecified atom stereocenters. The van der Waals surface area contributed by atoms with E-state index in [4.69, 9.17) is 5.73 Å². The van der Waals surface area contributed by atoms with Crippen LogP contribution in [0, 0.1) is 11.3 Å². The number of hydrogen-bond acceptors (Lipinski definition) is 2. The zero-order valence-corrected chi connectivity index (χ0v) is 12.0. The lowest BCUT2D eigenvalue weighted by Crippen LogP contribution is -2.55. The molecule has 1 aliphatic carbocycles. The molecule has 2 rings (SSSR count). The SMILES string of the molecule is CCC(C)(CN)C(=O)N1CCC[C@H]2CCCC[C@H]21. The largest absolute Gasteiger partial charge is 0.339 e. The molecule has 1 heterocycles. The van der Waals surface area contributed by atoms with Crippen LogP contribution in [0.3, 0.4) is 0 Å². The number of likely N-dealkylation sites (tertiary alicyclic amines) is 1. The molecule has 0 aromatic carbocycles. The van der Waals surface area contributed by atoms with Crippen molar-refractivity contribution in [2.24, 2.45) is 17.1 Å². The third-order valence-corrected chi connectivity index (χ3v) is 5.25. The average Bonchev–Trinajstić information content (AvgIpc) is 2.45. The van der Waals surface area contributed by atoms with E-state index in [1.54, 1.807) is 0 Å². The van der Waals surface area contributed by atoms with Crippen LogP contribution in [0.1, 0.15) is 58.8 Å². The summed E-state index contributed by atoms with van der Waals surface area (Å²) in [7, 11) is 0. The van der Waals surface area contributed by atoms with E-state index in [-0.39, 0.29) is 5.41 Å². The number of nitrogens with zero attached hydrogens (tertiary/aromatic N) is 1. The van der Waals surface area contributed by atoms with E-state index in [1.807, 2.05) is 6.92 Å². The van der Waals surface area contributed by atoms with E-state index >= 15 is 0 Å². The fourth-order valence-corrected chi connectivity index (χ4v) is 3.61. The fourth-order valence-electron chi connectivity index (χ4n) is 3.61. The van der Waals surface area contributed by atoms with Gasteiger partial charge in [-0.1, -0.05) is 19.8 Å². The highest BCUT2D eigenvalue weighted by Gasteiger charge is 2.41. The number of carbonyl (C=O) groups is 1. The van der Waals surface area contributed by atoms with Gasteiger partial charge in [-0.05, 0) is 44.9 Å². The van der Waals surface area contributed by atoms with Gasteiger partial charge >= 0.3 is 0 Å². The lowest BCUT2D eigenvalue weighted by atomic mass is 9.76. The maximum absolute atomic E-state index is 12.8. The summed E-state index contributed by atoms with van der Waals surface area (Å²) in [4.78, 5) is 15.0. The third kappa shape index (κ3) is 2.42. The number of piperidine rings is 1.